The largest absolute Gasteiger partial charge is 0.494 e. The van der Waals surface area contributed by atoms with Gasteiger partial charge in [0.2, 0.25) is 17.8 Å². The van der Waals surface area contributed by atoms with Gasteiger partial charge in [0.1, 0.15) is 39.7 Å². The van der Waals surface area contributed by atoms with Crippen molar-refractivity contribution in [1.29, 1.82) is 0 Å². The maximum atomic E-state index is 13.6. The molecule has 0 saturated carbocycles. The molecule has 0 atom stereocenters. The number of aromatic nitrogens is 7. The molecule has 0 spiro atoms. The van der Waals surface area contributed by atoms with Gasteiger partial charge in [-0.25, -0.2) is 9.97 Å². The Labute approximate surface area is 329 Å². The monoisotopic (exact) mass is 797 g/mol. The number of ether oxygens (including phenoxy) is 2. The molecule has 0 aliphatic rings. The highest BCUT2D eigenvalue weighted by atomic mass is 32.1. The van der Waals surface area contributed by atoms with Crippen molar-refractivity contribution in [3.05, 3.63) is 87.0 Å². The molecule has 6 aromatic rings. The number of carbonyl (C=O) groups excluding carboxylic acids is 4. The molecule has 298 valence electrons. The van der Waals surface area contributed by atoms with Gasteiger partial charge < -0.3 is 40.2 Å². The molecule has 7 N–H and O–H groups in total. The van der Waals surface area contributed by atoms with E-state index in [1.807, 2.05) is 26.0 Å². The van der Waals surface area contributed by atoms with Gasteiger partial charge in [0, 0.05) is 49.5 Å². The first-order valence-electron chi connectivity index (χ1n) is 18.1. The predicted molar refractivity (Wildman–Crippen MR) is 213 cm³/mol. The smallest absolute Gasteiger partial charge is 0.297 e. The summed E-state index contributed by atoms with van der Waals surface area (Å²) in [7, 11) is 1.47. The summed E-state index contributed by atoms with van der Waals surface area (Å²) in [4.78, 5) is 68.7. The Balaban J connectivity index is 1.44. The van der Waals surface area contributed by atoms with Gasteiger partial charge in [-0.15, -0.1) is 0 Å². The van der Waals surface area contributed by atoms with Crippen molar-refractivity contribution in [3.63, 3.8) is 0 Å². The number of amides is 4. The van der Waals surface area contributed by atoms with Gasteiger partial charge in [0.25, 0.3) is 11.8 Å². The minimum absolute atomic E-state index is 0.115. The van der Waals surface area contributed by atoms with E-state index in [2.05, 4.69) is 30.4 Å². The molecule has 2 aromatic carbocycles. The van der Waals surface area contributed by atoms with Crippen LogP contribution in [0.25, 0.3) is 21.3 Å². The number of imidazole rings is 2. The molecule has 57 heavy (non-hydrogen) atoms. The number of allylic oxidation sites excluding steroid dienone is 2. The predicted octanol–water partition coefficient (Wildman–Crippen LogP) is 3.39. The first-order chi connectivity index (χ1) is 27.4. The number of nitrogens with zero attached hydrogens (tertiary/aromatic N) is 7. The fraction of sp³-hybridized carbons (Fsp3) is 0.316. The van der Waals surface area contributed by atoms with E-state index in [1.54, 1.807) is 39.8 Å². The van der Waals surface area contributed by atoms with Crippen LogP contribution >= 0.6 is 11.3 Å². The number of methoxy groups -OCH3 is 1. The van der Waals surface area contributed by atoms with Crippen LogP contribution in [0.5, 0.6) is 11.5 Å². The van der Waals surface area contributed by atoms with Crippen molar-refractivity contribution in [2.75, 3.05) is 25.6 Å². The summed E-state index contributed by atoms with van der Waals surface area (Å²) in [6.07, 6.45) is 4.53. The summed E-state index contributed by atoms with van der Waals surface area (Å²) in [5.74, 6) is -0.968. The number of aliphatic hydroxyl groups excluding tert-OH is 1. The summed E-state index contributed by atoms with van der Waals surface area (Å²) in [5.41, 5.74) is 14.9. The second-order valence-corrected chi connectivity index (χ2v) is 13.9. The number of aromatic amines is 1. The van der Waals surface area contributed by atoms with Crippen LogP contribution in [0.2, 0.25) is 0 Å². The van der Waals surface area contributed by atoms with E-state index < -0.39 is 23.6 Å². The molecular weight excluding hydrogens is 755 g/mol. The lowest BCUT2D eigenvalue weighted by Crippen LogP contribution is -2.19. The molecule has 0 saturated heterocycles. The van der Waals surface area contributed by atoms with Crippen molar-refractivity contribution in [3.8, 4) is 11.5 Å². The number of nitrogens with one attached hydrogen (secondary N) is 2. The Morgan fingerprint density at radius 2 is 1.67 bits per heavy atom. The average molecular weight is 798 g/mol. The zero-order valence-corrected chi connectivity index (χ0v) is 32.9. The van der Waals surface area contributed by atoms with E-state index in [4.69, 9.17) is 20.9 Å². The number of aliphatic hydroxyl groups is 1. The molecular formula is C38H43N11O7S. The van der Waals surface area contributed by atoms with Gasteiger partial charge in [-0.05, 0) is 57.5 Å². The van der Waals surface area contributed by atoms with Gasteiger partial charge in [-0.2, -0.15) is 10.1 Å². The zero-order valence-electron chi connectivity index (χ0n) is 32.1. The number of fused-ring (bicyclic) bond motifs is 2. The van der Waals surface area contributed by atoms with Crippen LogP contribution in [0.15, 0.2) is 47.5 Å². The Bertz CT molecular complexity index is 2630. The van der Waals surface area contributed by atoms with Gasteiger partial charge >= 0.3 is 0 Å². The van der Waals surface area contributed by atoms with E-state index in [0.29, 0.717) is 74.1 Å². The first-order valence-corrected chi connectivity index (χ1v) is 18.9. The lowest BCUT2D eigenvalue weighted by atomic mass is 10.1. The first kappa shape index (κ1) is 40.1. The third kappa shape index (κ3) is 8.33. The number of carbonyl (C=O) groups is 4. The molecule has 4 aromatic heterocycles. The maximum Gasteiger partial charge on any atom is 0.297 e. The molecule has 0 unspecified atom stereocenters. The highest BCUT2D eigenvalue weighted by Gasteiger charge is 2.23. The Kier molecular flexibility index (Phi) is 12.0. The molecule has 0 aliphatic heterocycles. The van der Waals surface area contributed by atoms with E-state index in [1.165, 1.54) is 36.6 Å². The number of nitrogens with two attached hydrogens (primary N) is 2. The van der Waals surface area contributed by atoms with Crippen LogP contribution in [0, 0.1) is 13.8 Å². The van der Waals surface area contributed by atoms with Crippen molar-refractivity contribution < 1.29 is 33.8 Å². The van der Waals surface area contributed by atoms with Crippen LogP contribution < -0.4 is 31.1 Å². The van der Waals surface area contributed by atoms with Crippen LogP contribution in [0.3, 0.4) is 0 Å². The number of hydrogen-bond donors (Lipinski definition) is 5. The number of aryl methyl sites for hydroxylation is 4. The number of primary amides is 2. The Hall–Kier alpha value is -6.60. The van der Waals surface area contributed by atoms with Crippen molar-refractivity contribution >= 4 is 62.2 Å². The summed E-state index contributed by atoms with van der Waals surface area (Å²) >= 11 is 1.19. The highest BCUT2D eigenvalue weighted by molar-refractivity contribution is 7.16. The summed E-state index contributed by atoms with van der Waals surface area (Å²) in [5, 5.41) is 16.7. The van der Waals surface area contributed by atoms with Crippen LogP contribution in [0.4, 0.5) is 5.95 Å². The fourth-order valence-electron chi connectivity index (χ4n) is 6.34. The number of H-pyrrole nitrogens is 1. The van der Waals surface area contributed by atoms with E-state index in [0.717, 1.165) is 0 Å². The van der Waals surface area contributed by atoms with E-state index in [9.17, 15) is 24.3 Å². The van der Waals surface area contributed by atoms with Crippen LogP contribution in [-0.4, -0.2) is 82.9 Å². The minimum Gasteiger partial charge on any atom is -0.494 e. The zero-order chi connectivity index (χ0) is 41.0. The second kappa shape index (κ2) is 17.0. The molecule has 19 heteroatoms. The molecule has 18 nitrogen and oxygen atoms in total. The van der Waals surface area contributed by atoms with Gasteiger partial charge in [-0.1, -0.05) is 30.4 Å². The summed E-state index contributed by atoms with van der Waals surface area (Å²) < 4.78 is 17.4. The molecule has 0 fully saturated rings. The number of hydrogen-bond acceptors (Lipinski definition) is 11. The van der Waals surface area contributed by atoms with Crippen molar-refractivity contribution in [2.24, 2.45) is 16.5 Å². The Morgan fingerprint density at radius 1 is 0.965 bits per heavy atom. The van der Waals surface area contributed by atoms with Crippen molar-refractivity contribution in [2.45, 2.75) is 60.2 Å². The summed E-state index contributed by atoms with van der Waals surface area (Å²) in [6.45, 7) is 8.16. The third-order valence-corrected chi connectivity index (χ3v) is 9.97. The van der Waals surface area contributed by atoms with E-state index >= 15 is 0 Å². The topological polar surface area (TPSA) is 253 Å². The molecule has 0 radical (unpaired) electrons. The normalized spacial score (nSPS) is 11.9. The molecule has 0 bridgehead atoms. The number of benzene rings is 2. The lowest BCUT2D eigenvalue weighted by Gasteiger charge is -2.12. The molecule has 4 amide bonds. The molecule has 0 aliphatic carbocycles. The molecule has 4 heterocycles. The van der Waals surface area contributed by atoms with Crippen LogP contribution in [-0.2, 0) is 26.1 Å². The van der Waals surface area contributed by atoms with Crippen molar-refractivity contribution in [1.82, 2.24) is 33.9 Å². The Morgan fingerprint density at radius 3 is 2.33 bits per heavy atom. The van der Waals surface area contributed by atoms with Gasteiger partial charge in [0.05, 0.1) is 29.6 Å². The van der Waals surface area contributed by atoms with Crippen LogP contribution in [0.1, 0.15) is 79.2 Å². The quantitative estimate of drug-likeness (QED) is 0.0705. The minimum atomic E-state index is -0.698. The lowest BCUT2D eigenvalue weighted by molar-refractivity contribution is 0.0982. The fourth-order valence-corrected chi connectivity index (χ4v) is 7.43. The van der Waals surface area contributed by atoms with Gasteiger partial charge in [0.15, 0.2) is 4.80 Å². The number of anilines is 1. The SMILES string of the molecule is CCc1[nH]c(C)nc1C(=O)Nc1nc2cc(C(N)=O)cc(OCCCO)c2n1C/C=C/Cn1/c(=N/C(=O)c2cc(C)nn2CC)sc2cc(C(N)=O)cc(OC)c21. The van der Waals surface area contributed by atoms with Gasteiger partial charge in [-0.3, -0.25) is 29.2 Å². The average Bonchev–Trinajstić information content (AvgIpc) is 3.95. The standard InChI is InChI=1S/C38H43N11O7S/c1-6-24-30(42-21(4)41-24)36(54)44-37-43-25-16-22(33(39)51)18-28(56-14-10-13-50)31(25)47(37)11-8-9-12-48-32-27(55-5)17-23(34(40)52)19-29(32)57-38(48)45-35(53)26-15-20(3)46-49(26)7-2/h8-9,15-19,50H,6-7,10-14H2,1-5H3,(H2,39,51)(H2,40,52)(H,41,42)(H,43,44,54)/b9-8+,45-38-. The highest BCUT2D eigenvalue weighted by Crippen LogP contribution is 2.32. The second-order valence-electron chi connectivity index (χ2n) is 12.9. The molecule has 6 rings (SSSR count). The summed E-state index contributed by atoms with van der Waals surface area (Å²) in [6, 6.07) is 7.85. The third-order valence-electron chi connectivity index (χ3n) is 8.95. The maximum absolute atomic E-state index is 13.6. The van der Waals surface area contributed by atoms with E-state index in [-0.39, 0.29) is 54.8 Å². The number of rotatable bonds is 16. The number of thiazole rings is 1.